The molecule has 0 N–H and O–H groups in total. The molecule has 2 heterocycles. The van der Waals surface area contributed by atoms with Crippen molar-refractivity contribution in [2.45, 2.75) is 26.2 Å². The standard InChI is InChI=1S/C12H16N2O/c1-9(11-7-13-14(3)8-11)6-12-5-4-10(2)15-12/h4-5,7-9H,6H2,1-3H3. The maximum absolute atomic E-state index is 5.56. The molecule has 0 bridgehead atoms. The SMILES string of the molecule is Cc1ccc(CC(C)c2cnn(C)c2)o1. The van der Waals surface area contributed by atoms with Gasteiger partial charge in [0.05, 0.1) is 6.20 Å². The summed E-state index contributed by atoms with van der Waals surface area (Å²) in [5, 5.41) is 4.17. The Morgan fingerprint density at radius 1 is 1.47 bits per heavy atom. The molecule has 0 aliphatic rings. The molecule has 0 amide bonds. The molecular formula is C12H16N2O. The summed E-state index contributed by atoms with van der Waals surface area (Å²) in [6, 6.07) is 4.05. The van der Waals surface area contributed by atoms with E-state index in [0.717, 1.165) is 17.9 Å². The van der Waals surface area contributed by atoms with Gasteiger partial charge in [0.15, 0.2) is 0 Å². The Morgan fingerprint density at radius 2 is 2.27 bits per heavy atom. The Kier molecular flexibility index (Phi) is 2.62. The van der Waals surface area contributed by atoms with E-state index in [1.54, 1.807) is 0 Å². The molecule has 0 aromatic carbocycles. The summed E-state index contributed by atoms with van der Waals surface area (Å²) in [5.41, 5.74) is 1.26. The molecule has 3 nitrogen and oxygen atoms in total. The van der Waals surface area contributed by atoms with Crippen LogP contribution in [0.3, 0.4) is 0 Å². The number of rotatable bonds is 3. The van der Waals surface area contributed by atoms with E-state index >= 15 is 0 Å². The van der Waals surface area contributed by atoms with Gasteiger partial charge in [-0.05, 0) is 30.5 Å². The van der Waals surface area contributed by atoms with Gasteiger partial charge in [-0.3, -0.25) is 4.68 Å². The zero-order valence-electron chi connectivity index (χ0n) is 9.40. The van der Waals surface area contributed by atoms with Crippen molar-refractivity contribution in [2.24, 2.45) is 7.05 Å². The smallest absolute Gasteiger partial charge is 0.104 e. The normalized spacial score (nSPS) is 13.0. The van der Waals surface area contributed by atoms with E-state index < -0.39 is 0 Å². The van der Waals surface area contributed by atoms with Crippen LogP contribution in [0, 0.1) is 6.92 Å². The zero-order chi connectivity index (χ0) is 10.8. The minimum Gasteiger partial charge on any atom is -0.466 e. The van der Waals surface area contributed by atoms with Crippen LogP contribution < -0.4 is 0 Å². The summed E-state index contributed by atoms with van der Waals surface area (Å²) >= 11 is 0. The largest absolute Gasteiger partial charge is 0.466 e. The van der Waals surface area contributed by atoms with Crippen LogP contribution in [0.15, 0.2) is 28.9 Å². The second-order valence-corrected chi connectivity index (χ2v) is 4.06. The minimum absolute atomic E-state index is 0.448. The summed E-state index contributed by atoms with van der Waals surface area (Å²) in [6.07, 6.45) is 4.90. The van der Waals surface area contributed by atoms with E-state index in [9.17, 15) is 0 Å². The summed E-state index contributed by atoms with van der Waals surface area (Å²) < 4.78 is 7.39. The first-order valence-electron chi connectivity index (χ1n) is 5.19. The van der Waals surface area contributed by atoms with Gasteiger partial charge in [0.25, 0.3) is 0 Å². The summed E-state index contributed by atoms with van der Waals surface area (Å²) in [4.78, 5) is 0. The summed E-state index contributed by atoms with van der Waals surface area (Å²) in [7, 11) is 1.94. The molecule has 0 saturated carbocycles. The van der Waals surface area contributed by atoms with E-state index in [1.807, 2.05) is 37.0 Å². The van der Waals surface area contributed by atoms with Gasteiger partial charge in [0, 0.05) is 19.7 Å². The van der Waals surface area contributed by atoms with Crippen LogP contribution in [0.2, 0.25) is 0 Å². The molecule has 2 aromatic rings. The zero-order valence-corrected chi connectivity index (χ0v) is 9.40. The lowest BCUT2D eigenvalue weighted by atomic mass is 10.0. The highest BCUT2D eigenvalue weighted by atomic mass is 16.3. The fourth-order valence-corrected chi connectivity index (χ4v) is 1.71. The third-order valence-electron chi connectivity index (χ3n) is 2.60. The minimum atomic E-state index is 0.448. The van der Waals surface area contributed by atoms with E-state index in [0.29, 0.717) is 5.92 Å². The summed E-state index contributed by atoms with van der Waals surface area (Å²) in [6.45, 7) is 4.16. The Labute approximate surface area is 89.7 Å². The van der Waals surface area contributed by atoms with Crippen LogP contribution >= 0.6 is 0 Å². The van der Waals surface area contributed by atoms with Gasteiger partial charge in [0.2, 0.25) is 0 Å². The first kappa shape index (κ1) is 10.0. The highest BCUT2D eigenvalue weighted by Crippen LogP contribution is 2.20. The molecule has 15 heavy (non-hydrogen) atoms. The van der Waals surface area contributed by atoms with Crippen molar-refractivity contribution in [3.63, 3.8) is 0 Å². The molecule has 0 aliphatic carbocycles. The number of aryl methyl sites for hydroxylation is 2. The van der Waals surface area contributed by atoms with E-state index in [-0.39, 0.29) is 0 Å². The second kappa shape index (κ2) is 3.93. The van der Waals surface area contributed by atoms with Crippen molar-refractivity contribution < 1.29 is 4.42 Å². The van der Waals surface area contributed by atoms with Gasteiger partial charge >= 0.3 is 0 Å². The van der Waals surface area contributed by atoms with Crippen LogP contribution in [0.4, 0.5) is 0 Å². The first-order chi connectivity index (χ1) is 7.15. The molecular weight excluding hydrogens is 188 g/mol. The average molecular weight is 204 g/mol. The van der Waals surface area contributed by atoms with Gasteiger partial charge in [-0.2, -0.15) is 5.10 Å². The van der Waals surface area contributed by atoms with Gasteiger partial charge in [-0.1, -0.05) is 6.92 Å². The van der Waals surface area contributed by atoms with Gasteiger partial charge in [-0.15, -0.1) is 0 Å². The highest BCUT2D eigenvalue weighted by Gasteiger charge is 2.10. The van der Waals surface area contributed by atoms with Crippen LogP contribution in [0.5, 0.6) is 0 Å². The molecule has 80 valence electrons. The monoisotopic (exact) mass is 204 g/mol. The van der Waals surface area contributed by atoms with Crippen molar-refractivity contribution in [1.82, 2.24) is 9.78 Å². The van der Waals surface area contributed by atoms with Gasteiger partial charge in [0.1, 0.15) is 11.5 Å². The lowest BCUT2D eigenvalue weighted by Crippen LogP contribution is -1.96. The number of aromatic nitrogens is 2. The number of furan rings is 1. The molecule has 1 unspecified atom stereocenters. The maximum Gasteiger partial charge on any atom is 0.104 e. The molecule has 0 saturated heterocycles. The lowest BCUT2D eigenvalue weighted by Gasteiger charge is -2.05. The van der Waals surface area contributed by atoms with Crippen molar-refractivity contribution in [3.05, 3.63) is 41.6 Å². The van der Waals surface area contributed by atoms with Crippen molar-refractivity contribution >= 4 is 0 Å². The number of nitrogens with zero attached hydrogens (tertiary/aromatic N) is 2. The maximum atomic E-state index is 5.56. The van der Waals surface area contributed by atoms with Gasteiger partial charge in [-0.25, -0.2) is 0 Å². The predicted molar refractivity (Wildman–Crippen MR) is 58.8 cm³/mol. The lowest BCUT2D eigenvalue weighted by molar-refractivity contribution is 0.470. The Balaban J connectivity index is 2.06. The quantitative estimate of drug-likeness (QED) is 0.769. The van der Waals surface area contributed by atoms with Gasteiger partial charge < -0.3 is 4.42 Å². The molecule has 0 fully saturated rings. The fraction of sp³-hybridized carbons (Fsp3) is 0.417. The van der Waals surface area contributed by atoms with E-state index in [2.05, 4.69) is 18.2 Å². The third-order valence-corrected chi connectivity index (χ3v) is 2.60. The molecule has 0 radical (unpaired) electrons. The Bertz CT molecular complexity index is 442. The topological polar surface area (TPSA) is 31.0 Å². The Hall–Kier alpha value is -1.51. The second-order valence-electron chi connectivity index (χ2n) is 4.06. The van der Waals surface area contributed by atoms with E-state index in [1.165, 1.54) is 5.56 Å². The van der Waals surface area contributed by atoms with E-state index in [4.69, 9.17) is 4.42 Å². The molecule has 1 atom stereocenters. The van der Waals surface area contributed by atoms with Crippen LogP contribution in [-0.4, -0.2) is 9.78 Å². The average Bonchev–Trinajstić information content (AvgIpc) is 2.75. The van der Waals surface area contributed by atoms with Crippen LogP contribution in [-0.2, 0) is 13.5 Å². The highest BCUT2D eigenvalue weighted by molar-refractivity contribution is 5.15. The van der Waals surface area contributed by atoms with Crippen molar-refractivity contribution in [1.29, 1.82) is 0 Å². The molecule has 2 rings (SSSR count). The van der Waals surface area contributed by atoms with Crippen LogP contribution in [0.1, 0.15) is 29.9 Å². The number of hydrogen-bond acceptors (Lipinski definition) is 2. The molecule has 0 spiro atoms. The summed E-state index contributed by atoms with van der Waals surface area (Å²) in [5.74, 6) is 2.47. The molecule has 2 aromatic heterocycles. The van der Waals surface area contributed by atoms with Crippen molar-refractivity contribution in [3.8, 4) is 0 Å². The molecule has 3 heteroatoms. The fourth-order valence-electron chi connectivity index (χ4n) is 1.71. The number of hydrogen-bond donors (Lipinski definition) is 0. The third kappa shape index (κ3) is 2.29. The first-order valence-corrected chi connectivity index (χ1v) is 5.19. The predicted octanol–water partition coefficient (Wildman–Crippen LogP) is 2.67. The van der Waals surface area contributed by atoms with Crippen LogP contribution in [0.25, 0.3) is 0 Å². The Morgan fingerprint density at radius 3 is 2.80 bits per heavy atom. The van der Waals surface area contributed by atoms with Crippen molar-refractivity contribution in [2.75, 3.05) is 0 Å². The molecule has 0 aliphatic heterocycles.